The first-order valence-corrected chi connectivity index (χ1v) is 7.31. The molecule has 2 rings (SSSR count). The van der Waals surface area contributed by atoms with Gasteiger partial charge in [-0.05, 0) is 26.8 Å². The third kappa shape index (κ3) is 3.08. The second-order valence-corrected chi connectivity index (χ2v) is 6.09. The lowest BCUT2D eigenvalue weighted by atomic mass is 10.4. The Morgan fingerprint density at radius 1 is 1.18 bits per heavy atom. The van der Waals surface area contributed by atoms with Crippen molar-refractivity contribution in [2.75, 3.05) is 6.54 Å². The molecule has 1 N–H and O–H groups in total. The zero-order valence-electron chi connectivity index (χ0n) is 10.3. The number of aryl methyl sites for hydroxylation is 2. The second-order valence-electron chi connectivity index (χ2n) is 3.83. The largest absolute Gasteiger partial charge is 0.310 e. The Kier molecular flexibility index (Phi) is 4.20. The van der Waals surface area contributed by atoms with Crippen LogP contribution in [0.3, 0.4) is 0 Å². The summed E-state index contributed by atoms with van der Waals surface area (Å²) in [5.74, 6) is 0. The van der Waals surface area contributed by atoms with Crippen LogP contribution in [0.25, 0.3) is 9.88 Å². The summed E-state index contributed by atoms with van der Waals surface area (Å²) in [4.78, 5) is 5.57. The van der Waals surface area contributed by atoms with E-state index in [2.05, 4.69) is 27.4 Å². The maximum Gasteiger partial charge on any atom is 0.159 e. The van der Waals surface area contributed by atoms with Gasteiger partial charge in [-0.15, -0.1) is 21.5 Å². The van der Waals surface area contributed by atoms with Crippen molar-refractivity contribution in [3.63, 3.8) is 0 Å². The van der Waals surface area contributed by atoms with E-state index in [0.29, 0.717) is 0 Å². The average Bonchev–Trinajstić information content (AvgIpc) is 2.86. The van der Waals surface area contributed by atoms with E-state index < -0.39 is 0 Å². The van der Waals surface area contributed by atoms with Gasteiger partial charge in [0.1, 0.15) is 5.01 Å². The van der Waals surface area contributed by atoms with Crippen molar-refractivity contribution in [3.05, 3.63) is 15.7 Å². The molecule has 6 heteroatoms. The number of hydrogen-bond donors (Lipinski definition) is 1. The third-order valence-electron chi connectivity index (χ3n) is 2.27. The first-order chi connectivity index (χ1) is 8.20. The van der Waals surface area contributed by atoms with E-state index in [0.717, 1.165) is 45.1 Å². The van der Waals surface area contributed by atoms with Crippen LogP contribution in [0.15, 0.2) is 0 Å². The van der Waals surface area contributed by atoms with E-state index in [1.54, 1.807) is 22.7 Å². The molecule has 0 radical (unpaired) electrons. The molecule has 0 fully saturated rings. The number of thiazole rings is 1. The van der Waals surface area contributed by atoms with Crippen molar-refractivity contribution < 1.29 is 0 Å². The molecule has 0 unspecified atom stereocenters. The molecular formula is C11H16N4S2. The summed E-state index contributed by atoms with van der Waals surface area (Å²) in [6.07, 6.45) is 1.14. The van der Waals surface area contributed by atoms with Gasteiger partial charge in [-0.2, -0.15) is 0 Å². The smallest absolute Gasteiger partial charge is 0.159 e. The molecule has 2 aromatic rings. The Balaban J connectivity index is 2.10. The Bertz CT molecular complexity index is 489. The lowest BCUT2D eigenvalue weighted by Gasteiger charge is -1.96. The lowest BCUT2D eigenvalue weighted by molar-refractivity contribution is 0.668. The van der Waals surface area contributed by atoms with Crippen molar-refractivity contribution in [1.82, 2.24) is 20.5 Å². The van der Waals surface area contributed by atoms with Crippen molar-refractivity contribution in [2.45, 2.75) is 33.7 Å². The minimum absolute atomic E-state index is 0.808. The number of nitrogens with one attached hydrogen (secondary N) is 1. The van der Waals surface area contributed by atoms with Crippen molar-refractivity contribution >= 4 is 22.7 Å². The van der Waals surface area contributed by atoms with Gasteiger partial charge in [0.05, 0.1) is 15.6 Å². The number of hydrogen-bond acceptors (Lipinski definition) is 6. The molecule has 0 aliphatic carbocycles. The van der Waals surface area contributed by atoms with Crippen molar-refractivity contribution in [2.24, 2.45) is 0 Å². The van der Waals surface area contributed by atoms with Gasteiger partial charge in [0, 0.05) is 6.54 Å². The van der Waals surface area contributed by atoms with Crippen LogP contribution in [0.2, 0.25) is 0 Å². The summed E-state index contributed by atoms with van der Waals surface area (Å²) in [5, 5.41) is 14.9. The first kappa shape index (κ1) is 12.6. The quantitative estimate of drug-likeness (QED) is 0.847. The molecule has 0 amide bonds. The SMILES string of the molecule is CCCNCc1nnc(-c2sc(C)nc2C)s1. The Labute approximate surface area is 109 Å². The summed E-state index contributed by atoms with van der Waals surface area (Å²) < 4.78 is 0. The Morgan fingerprint density at radius 3 is 2.65 bits per heavy atom. The monoisotopic (exact) mass is 268 g/mol. The Hall–Kier alpha value is -0.850. The predicted octanol–water partition coefficient (Wildman–Crippen LogP) is 2.78. The molecule has 0 aliphatic heterocycles. The molecule has 0 spiro atoms. The fraction of sp³-hybridized carbons (Fsp3) is 0.545. The molecular weight excluding hydrogens is 252 g/mol. The van der Waals surface area contributed by atoms with E-state index >= 15 is 0 Å². The van der Waals surface area contributed by atoms with Crippen LogP contribution >= 0.6 is 22.7 Å². The van der Waals surface area contributed by atoms with Gasteiger partial charge in [0.15, 0.2) is 5.01 Å². The summed E-state index contributed by atoms with van der Waals surface area (Å²) in [5.41, 5.74) is 1.05. The minimum atomic E-state index is 0.808. The van der Waals surface area contributed by atoms with E-state index in [4.69, 9.17) is 0 Å². The normalized spacial score (nSPS) is 11.0. The lowest BCUT2D eigenvalue weighted by Crippen LogP contribution is -2.13. The van der Waals surface area contributed by atoms with E-state index in [9.17, 15) is 0 Å². The van der Waals surface area contributed by atoms with Gasteiger partial charge in [-0.1, -0.05) is 18.3 Å². The van der Waals surface area contributed by atoms with Gasteiger partial charge >= 0.3 is 0 Å². The zero-order valence-corrected chi connectivity index (χ0v) is 11.9. The Morgan fingerprint density at radius 2 is 2.00 bits per heavy atom. The minimum Gasteiger partial charge on any atom is -0.310 e. The zero-order chi connectivity index (χ0) is 12.3. The number of rotatable bonds is 5. The highest BCUT2D eigenvalue weighted by Gasteiger charge is 2.12. The highest BCUT2D eigenvalue weighted by Crippen LogP contribution is 2.31. The summed E-state index contributed by atoms with van der Waals surface area (Å²) in [6, 6.07) is 0. The van der Waals surface area contributed by atoms with E-state index in [-0.39, 0.29) is 0 Å². The fourth-order valence-electron chi connectivity index (χ4n) is 1.52. The second kappa shape index (κ2) is 5.66. The number of nitrogens with zero attached hydrogens (tertiary/aromatic N) is 3. The van der Waals surface area contributed by atoms with Crippen LogP contribution in [-0.4, -0.2) is 21.7 Å². The van der Waals surface area contributed by atoms with E-state index in [1.807, 2.05) is 13.8 Å². The standard InChI is InChI=1S/C11H16N4S2/c1-4-5-12-6-9-14-15-11(17-9)10-7(2)13-8(3)16-10/h12H,4-6H2,1-3H3. The summed E-state index contributed by atoms with van der Waals surface area (Å²) in [6.45, 7) is 8.03. The van der Waals surface area contributed by atoms with Gasteiger partial charge in [-0.3, -0.25) is 0 Å². The van der Waals surface area contributed by atoms with E-state index in [1.165, 1.54) is 0 Å². The van der Waals surface area contributed by atoms with Crippen LogP contribution in [0.5, 0.6) is 0 Å². The molecule has 2 heterocycles. The molecule has 0 atom stereocenters. The van der Waals surface area contributed by atoms with Gasteiger partial charge in [0.2, 0.25) is 0 Å². The summed E-state index contributed by atoms with van der Waals surface area (Å²) in [7, 11) is 0. The molecule has 4 nitrogen and oxygen atoms in total. The third-order valence-corrected chi connectivity index (χ3v) is 4.42. The van der Waals surface area contributed by atoms with Crippen LogP contribution in [-0.2, 0) is 6.54 Å². The van der Waals surface area contributed by atoms with Crippen molar-refractivity contribution in [1.29, 1.82) is 0 Å². The topological polar surface area (TPSA) is 50.7 Å². The molecule has 92 valence electrons. The van der Waals surface area contributed by atoms with Crippen LogP contribution in [0, 0.1) is 13.8 Å². The maximum atomic E-state index is 4.41. The maximum absolute atomic E-state index is 4.41. The molecule has 0 bridgehead atoms. The molecule has 0 saturated heterocycles. The molecule has 0 aromatic carbocycles. The first-order valence-electron chi connectivity index (χ1n) is 5.68. The molecule has 17 heavy (non-hydrogen) atoms. The van der Waals surface area contributed by atoms with Crippen LogP contribution < -0.4 is 5.32 Å². The van der Waals surface area contributed by atoms with Gasteiger partial charge in [-0.25, -0.2) is 4.98 Å². The van der Waals surface area contributed by atoms with Gasteiger partial charge < -0.3 is 5.32 Å². The number of aromatic nitrogens is 3. The highest BCUT2D eigenvalue weighted by molar-refractivity contribution is 7.21. The van der Waals surface area contributed by atoms with Crippen LogP contribution in [0.4, 0.5) is 0 Å². The summed E-state index contributed by atoms with van der Waals surface area (Å²) >= 11 is 3.34. The average molecular weight is 268 g/mol. The fourth-order valence-corrected chi connectivity index (χ4v) is 3.37. The molecule has 0 saturated carbocycles. The molecule has 2 aromatic heterocycles. The predicted molar refractivity (Wildman–Crippen MR) is 72.5 cm³/mol. The van der Waals surface area contributed by atoms with Crippen molar-refractivity contribution in [3.8, 4) is 9.88 Å². The highest BCUT2D eigenvalue weighted by atomic mass is 32.1. The van der Waals surface area contributed by atoms with Gasteiger partial charge in [0.25, 0.3) is 0 Å². The van der Waals surface area contributed by atoms with Crippen LogP contribution in [0.1, 0.15) is 29.1 Å². The molecule has 0 aliphatic rings.